The van der Waals surface area contributed by atoms with E-state index in [0.717, 1.165) is 40.5 Å². The quantitative estimate of drug-likeness (QED) is 0.604. The van der Waals surface area contributed by atoms with E-state index in [1.807, 2.05) is 30.5 Å². The van der Waals surface area contributed by atoms with Gasteiger partial charge in [-0.15, -0.1) is 10.2 Å². The standard InChI is InChI=1S/C20H23N3O3S/c1-13-4-8-17(9-5-13)27(24,25)26-15(3)18-10-11-23-19(12-16-6-7-16)21-22-20(23)14(18)2/h4-5,8-11,15-16H,6-7,12H2,1-3H3. The van der Waals surface area contributed by atoms with Crippen molar-refractivity contribution in [2.75, 3.05) is 0 Å². The van der Waals surface area contributed by atoms with Crippen molar-refractivity contribution >= 4 is 15.8 Å². The average molecular weight is 385 g/mol. The van der Waals surface area contributed by atoms with Gasteiger partial charge >= 0.3 is 0 Å². The first kappa shape index (κ1) is 18.1. The Bertz CT molecular complexity index is 1080. The Hall–Kier alpha value is -2.25. The van der Waals surface area contributed by atoms with Crippen molar-refractivity contribution in [3.63, 3.8) is 0 Å². The van der Waals surface area contributed by atoms with E-state index < -0.39 is 16.2 Å². The number of rotatable bonds is 6. The summed E-state index contributed by atoms with van der Waals surface area (Å²) < 4.78 is 32.6. The fraction of sp³-hybridized carbons (Fsp3) is 0.400. The molecule has 7 heteroatoms. The summed E-state index contributed by atoms with van der Waals surface area (Å²) in [5.74, 6) is 1.68. The molecule has 0 aliphatic heterocycles. The number of aryl methyl sites for hydroxylation is 2. The van der Waals surface area contributed by atoms with Crippen molar-refractivity contribution in [2.24, 2.45) is 5.92 Å². The number of pyridine rings is 1. The van der Waals surface area contributed by atoms with Gasteiger partial charge in [-0.3, -0.25) is 8.58 Å². The Labute approximate surface area is 159 Å². The topological polar surface area (TPSA) is 73.6 Å². The predicted molar refractivity (Wildman–Crippen MR) is 102 cm³/mol. The fourth-order valence-corrected chi connectivity index (χ4v) is 4.37. The summed E-state index contributed by atoms with van der Waals surface area (Å²) in [4.78, 5) is 0.160. The molecule has 0 amide bonds. The lowest BCUT2D eigenvalue weighted by Crippen LogP contribution is -2.12. The van der Waals surface area contributed by atoms with Gasteiger partial charge in [0.1, 0.15) is 11.9 Å². The summed E-state index contributed by atoms with van der Waals surface area (Å²) in [5.41, 5.74) is 3.44. The van der Waals surface area contributed by atoms with Gasteiger partial charge in [0.05, 0.1) is 4.90 Å². The first-order chi connectivity index (χ1) is 12.8. The van der Waals surface area contributed by atoms with Crippen LogP contribution in [-0.2, 0) is 20.7 Å². The summed E-state index contributed by atoms with van der Waals surface area (Å²) in [6.45, 7) is 5.58. The Morgan fingerprint density at radius 2 is 1.85 bits per heavy atom. The van der Waals surface area contributed by atoms with E-state index in [9.17, 15) is 8.42 Å². The van der Waals surface area contributed by atoms with Gasteiger partial charge in [0.2, 0.25) is 0 Å². The molecule has 6 nitrogen and oxygen atoms in total. The highest BCUT2D eigenvalue weighted by Crippen LogP contribution is 2.33. The lowest BCUT2D eigenvalue weighted by molar-refractivity contribution is 0.233. The third-order valence-electron chi connectivity index (χ3n) is 5.12. The number of hydrogen-bond acceptors (Lipinski definition) is 5. The maximum atomic E-state index is 12.6. The van der Waals surface area contributed by atoms with Gasteiger partial charge in [0, 0.05) is 18.2 Å². The van der Waals surface area contributed by atoms with Gasteiger partial charge < -0.3 is 0 Å². The summed E-state index contributed by atoms with van der Waals surface area (Å²) in [7, 11) is -3.84. The molecule has 1 atom stereocenters. The second-order valence-electron chi connectivity index (χ2n) is 7.36. The summed E-state index contributed by atoms with van der Waals surface area (Å²) in [5, 5.41) is 8.64. The third-order valence-corrected chi connectivity index (χ3v) is 6.52. The minimum Gasteiger partial charge on any atom is -0.286 e. The van der Waals surface area contributed by atoms with Crippen molar-refractivity contribution < 1.29 is 12.6 Å². The zero-order valence-electron chi connectivity index (χ0n) is 15.7. The molecule has 1 aromatic carbocycles. The zero-order chi connectivity index (χ0) is 19.2. The molecule has 1 aliphatic carbocycles. The zero-order valence-corrected chi connectivity index (χ0v) is 16.5. The molecule has 0 spiro atoms. The minimum atomic E-state index is -3.84. The maximum absolute atomic E-state index is 12.6. The van der Waals surface area contributed by atoms with E-state index in [2.05, 4.69) is 10.2 Å². The molecule has 1 saturated carbocycles. The normalized spacial score (nSPS) is 16.0. The van der Waals surface area contributed by atoms with Crippen LogP contribution < -0.4 is 0 Å². The van der Waals surface area contributed by atoms with Gasteiger partial charge in [-0.1, -0.05) is 17.7 Å². The van der Waals surface area contributed by atoms with E-state index in [1.54, 1.807) is 31.2 Å². The molecule has 0 saturated heterocycles. The van der Waals surface area contributed by atoms with Crippen LogP contribution in [0.2, 0.25) is 0 Å². The molecular weight excluding hydrogens is 362 g/mol. The van der Waals surface area contributed by atoms with E-state index in [1.165, 1.54) is 12.8 Å². The van der Waals surface area contributed by atoms with Crippen LogP contribution in [0.4, 0.5) is 0 Å². The second kappa shape index (κ2) is 6.73. The van der Waals surface area contributed by atoms with Crippen LogP contribution >= 0.6 is 0 Å². The van der Waals surface area contributed by atoms with E-state index >= 15 is 0 Å². The molecule has 1 aliphatic rings. The van der Waals surface area contributed by atoms with E-state index in [-0.39, 0.29) is 4.90 Å². The van der Waals surface area contributed by atoms with E-state index in [4.69, 9.17) is 4.18 Å². The van der Waals surface area contributed by atoms with Crippen LogP contribution in [0.25, 0.3) is 5.65 Å². The molecule has 142 valence electrons. The fourth-order valence-electron chi connectivity index (χ4n) is 3.31. The van der Waals surface area contributed by atoms with Crippen molar-refractivity contribution in [1.82, 2.24) is 14.6 Å². The molecule has 3 aromatic rings. The summed E-state index contributed by atoms with van der Waals surface area (Å²) in [6.07, 6.45) is 4.74. The van der Waals surface area contributed by atoms with Crippen LogP contribution in [0.5, 0.6) is 0 Å². The van der Waals surface area contributed by atoms with Gasteiger partial charge in [-0.05, 0) is 63.3 Å². The lowest BCUT2D eigenvalue weighted by Gasteiger charge is -2.16. The third kappa shape index (κ3) is 3.61. The molecule has 0 N–H and O–H groups in total. The number of hydrogen-bond donors (Lipinski definition) is 0. The molecule has 1 unspecified atom stereocenters. The largest absolute Gasteiger partial charge is 0.297 e. The predicted octanol–water partition coefficient (Wildman–Crippen LogP) is 3.77. The smallest absolute Gasteiger partial charge is 0.286 e. The Balaban J connectivity index is 1.61. The number of fused-ring (bicyclic) bond motifs is 1. The van der Waals surface area contributed by atoms with Crippen molar-refractivity contribution in [2.45, 2.75) is 51.0 Å². The Kier molecular flexibility index (Phi) is 4.52. The van der Waals surface area contributed by atoms with E-state index in [0.29, 0.717) is 0 Å². The highest BCUT2D eigenvalue weighted by molar-refractivity contribution is 7.86. The van der Waals surface area contributed by atoms with Gasteiger partial charge in [-0.25, -0.2) is 0 Å². The average Bonchev–Trinajstić information content (AvgIpc) is 3.34. The van der Waals surface area contributed by atoms with Crippen LogP contribution in [0.1, 0.15) is 48.4 Å². The first-order valence-electron chi connectivity index (χ1n) is 9.18. The van der Waals surface area contributed by atoms with Gasteiger partial charge in [0.15, 0.2) is 5.65 Å². The van der Waals surface area contributed by atoms with Crippen LogP contribution in [0.15, 0.2) is 41.4 Å². The van der Waals surface area contributed by atoms with Gasteiger partial charge in [0.25, 0.3) is 10.1 Å². The van der Waals surface area contributed by atoms with Gasteiger partial charge in [-0.2, -0.15) is 8.42 Å². The SMILES string of the molecule is Cc1ccc(S(=O)(=O)OC(C)c2ccn3c(CC4CC4)nnc3c2C)cc1. The van der Waals surface area contributed by atoms with Crippen LogP contribution in [0.3, 0.4) is 0 Å². The summed E-state index contributed by atoms with van der Waals surface area (Å²) in [6, 6.07) is 8.55. The Morgan fingerprint density at radius 1 is 1.15 bits per heavy atom. The van der Waals surface area contributed by atoms with Crippen molar-refractivity contribution in [3.05, 3.63) is 59.0 Å². The molecule has 0 bridgehead atoms. The summed E-state index contributed by atoms with van der Waals surface area (Å²) >= 11 is 0. The number of aromatic nitrogens is 3. The molecule has 0 radical (unpaired) electrons. The molecule has 27 heavy (non-hydrogen) atoms. The first-order valence-corrected chi connectivity index (χ1v) is 10.6. The maximum Gasteiger partial charge on any atom is 0.297 e. The lowest BCUT2D eigenvalue weighted by atomic mass is 10.1. The minimum absolute atomic E-state index is 0.160. The molecule has 4 rings (SSSR count). The monoisotopic (exact) mass is 385 g/mol. The highest BCUT2D eigenvalue weighted by Gasteiger charge is 2.26. The van der Waals surface area contributed by atoms with Crippen molar-refractivity contribution in [3.8, 4) is 0 Å². The number of benzene rings is 1. The van der Waals surface area contributed by atoms with Crippen molar-refractivity contribution in [1.29, 1.82) is 0 Å². The molecular formula is C20H23N3O3S. The molecule has 2 aromatic heterocycles. The van der Waals surface area contributed by atoms with Crippen LogP contribution in [0, 0.1) is 19.8 Å². The highest BCUT2D eigenvalue weighted by atomic mass is 32.2. The second-order valence-corrected chi connectivity index (χ2v) is 8.93. The molecule has 2 heterocycles. The molecule has 1 fully saturated rings. The number of nitrogens with zero attached hydrogens (tertiary/aromatic N) is 3. The van der Waals surface area contributed by atoms with Crippen LogP contribution in [-0.4, -0.2) is 23.0 Å². The Morgan fingerprint density at radius 3 is 2.52 bits per heavy atom.